The van der Waals surface area contributed by atoms with Crippen molar-refractivity contribution in [3.63, 3.8) is 0 Å². The zero-order valence-electron chi connectivity index (χ0n) is 35.3. The fourth-order valence-corrected chi connectivity index (χ4v) is 14.3. The number of ether oxygens (including phenoxy) is 8. The molecule has 5 heterocycles. The molecular weight excluding hydrogens is 788 g/mol. The van der Waals surface area contributed by atoms with Gasteiger partial charge < -0.3 is 83.9 Å². The van der Waals surface area contributed by atoms with Gasteiger partial charge >= 0.3 is 0 Å². The molecule has 26 atom stereocenters. The monoisotopic (exact) mass is 858 g/mol. The van der Waals surface area contributed by atoms with E-state index in [4.69, 9.17) is 37.9 Å². The Bertz CT molecular complexity index is 1510. The van der Waals surface area contributed by atoms with Crippen LogP contribution in [0.5, 0.6) is 0 Å². The van der Waals surface area contributed by atoms with Crippen LogP contribution in [-0.4, -0.2) is 176 Å². The van der Waals surface area contributed by atoms with Gasteiger partial charge in [-0.15, -0.1) is 0 Å². The lowest BCUT2D eigenvalue weighted by Crippen LogP contribution is -2.63. The molecule has 4 saturated carbocycles. The van der Waals surface area contributed by atoms with E-state index >= 15 is 0 Å². The van der Waals surface area contributed by atoms with E-state index in [0.29, 0.717) is 36.7 Å². The number of rotatable bonds is 7. The number of aliphatic hydroxyl groups is 9. The SMILES string of the molecule is C[C@@H]1CO[C@@]2(O[C@H]3C[C@H]4[C@@H]5CC[C@@H]6C[C@@H](O[C@@H]7O[C@H](CO)[C@@H](O[C@@H]8OC[C@@H](O)[C@H](O)[C@H]8O)[C@H](O)[C@H]7O)CC[C@]6(C)[C@H]5CC[C@]4(C)[C@H]3[C@@H]2C)[C@@H](O[C@@H]2OC[C@@H](O)[C@H](O)[C@H]2O)C1. The zero-order chi connectivity index (χ0) is 42.6. The Balaban J connectivity index is 0.835. The lowest BCUT2D eigenvalue weighted by Gasteiger charge is -2.61. The van der Waals surface area contributed by atoms with Crippen molar-refractivity contribution in [2.75, 3.05) is 26.4 Å². The molecule has 0 aromatic carbocycles. The highest BCUT2D eigenvalue weighted by atomic mass is 16.8. The second-order valence-corrected chi connectivity index (χ2v) is 20.7. The molecule has 0 unspecified atom stereocenters. The van der Waals surface area contributed by atoms with Gasteiger partial charge in [-0.1, -0.05) is 27.7 Å². The van der Waals surface area contributed by atoms with Crippen molar-refractivity contribution in [2.24, 2.45) is 52.3 Å². The average molecular weight is 859 g/mol. The summed E-state index contributed by atoms with van der Waals surface area (Å²) >= 11 is 0. The van der Waals surface area contributed by atoms with E-state index in [-0.39, 0.29) is 54.0 Å². The number of aliphatic hydroxyl groups excluding tert-OH is 9. The molecule has 1 spiro atoms. The summed E-state index contributed by atoms with van der Waals surface area (Å²) in [6.07, 6.45) is -9.91. The fraction of sp³-hybridized carbons (Fsp3) is 1.00. The highest BCUT2D eigenvalue weighted by molar-refractivity contribution is 5.16. The van der Waals surface area contributed by atoms with Gasteiger partial charge in [-0.25, -0.2) is 0 Å². The van der Waals surface area contributed by atoms with Gasteiger partial charge in [0.25, 0.3) is 0 Å². The van der Waals surface area contributed by atoms with Gasteiger partial charge in [0.2, 0.25) is 0 Å². The summed E-state index contributed by atoms with van der Waals surface area (Å²) in [5.41, 5.74) is 0.145. The molecule has 0 aromatic heterocycles. The first-order chi connectivity index (χ1) is 28.5. The second-order valence-electron chi connectivity index (χ2n) is 20.7. The van der Waals surface area contributed by atoms with E-state index < -0.39 is 98.4 Å². The molecule has 9 fully saturated rings. The van der Waals surface area contributed by atoms with E-state index in [1.165, 1.54) is 0 Å². The van der Waals surface area contributed by atoms with Crippen LogP contribution in [0.4, 0.5) is 0 Å². The minimum absolute atomic E-state index is 0.00250. The standard InChI is InChI=1S/C43H70O17/c1-18-11-29(58-38-34(50)31(47)25(45)16-53-38)43(55-15-18)19(2)30-27(60-43)13-24-22-6-5-20-12-21(7-9-41(20,3)23(22)8-10-42(24,30)4)56-40-36(52)33(49)37(28(14-44)57-40)59-39-35(51)32(48)26(46)17-54-39/h18-40,44-52H,5-17H2,1-4H3/t18-,19-,20+,21-,22+,23-,24-,25+,26+,27-,28+,29-,30-,31-,32-,33+,34+,35+,36+,37+,38-,39-,40+,41-,42-,43-/m0/s1. The summed E-state index contributed by atoms with van der Waals surface area (Å²) in [5, 5.41) is 94.0. The highest BCUT2D eigenvalue weighted by Gasteiger charge is 2.71. The van der Waals surface area contributed by atoms with Gasteiger partial charge in [0.1, 0.15) is 67.1 Å². The van der Waals surface area contributed by atoms with Crippen molar-refractivity contribution in [1.29, 1.82) is 0 Å². The van der Waals surface area contributed by atoms with E-state index in [1.807, 2.05) is 0 Å². The minimum atomic E-state index is -1.62. The van der Waals surface area contributed by atoms with Crippen molar-refractivity contribution in [3.8, 4) is 0 Å². The average Bonchev–Trinajstić information content (AvgIpc) is 3.68. The summed E-state index contributed by atoms with van der Waals surface area (Å²) in [6.45, 7) is 8.81. The molecule has 9 N–H and O–H groups in total. The Hall–Kier alpha value is -0.680. The Morgan fingerprint density at radius 3 is 1.97 bits per heavy atom. The third-order valence-corrected chi connectivity index (χ3v) is 17.5. The molecule has 0 amide bonds. The van der Waals surface area contributed by atoms with Crippen LogP contribution in [0.3, 0.4) is 0 Å². The molecule has 17 nitrogen and oxygen atoms in total. The quantitative estimate of drug-likeness (QED) is 0.147. The Kier molecular flexibility index (Phi) is 12.3. The lowest BCUT2D eigenvalue weighted by atomic mass is 9.44. The third-order valence-electron chi connectivity index (χ3n) is 17.5. The second kappa shape index (κ2) is 16.6. The summed E-state index contributed by atoms with van der Waals surface area (Å²) in [6, 6.07) is 0. The largest absolute Gasteiger partial charge is 0.394 e. The molecule has 9 aliphatic rings. The molecule has 60 heavy (non-hydrogen) atoms. The topological polar surface area (TPSA) is 256 Å². The van der Waals surface area contributed by atoms with E-state index in [2.05, 4.69) is 27.7 Å². The molecule has 0 aromatic rings. The molecule has 5 aliphatic heterocycles. The first-order valence-corrected chi connectivity index (χ1v) is 22.7. The minimum Gasteiger partial charge on any atom is -0.394 e. The summed E-state index contributed by atoms with van der Waals surface area (Å²) < 4.78 is 49.4. The van der Waals surface area contributed by atoms with Gasteiger partial charge in [-0.2, -0.15) is 0 Å². The van der Waals surface area contributed by atoms with Gasteiger partial charge in [-0.3, -0.25) is 0 Å². The molecular formula is C43H70O17. The molecule has 4 aliphatic carbocycles. The van der Waals surface area contributed by atoms with Crippen molar-refractivity contribution in [2.45, 2.75) is 189 Å². The first kappa shape index (κ1) is 44.5. The smallest absolute Gasteiger partial charge is 0.198 e. The van der Waals surface area contributed by atoms with Crippen LogP contribution in [0.15, 0.2) is 0 Å². The van der Waals surface area contributed by atoms with E-state index in [0.717, 1.165) is 51.4 Å². The van der Waals surface area contributed by atoms with Crippen LogP contribution in [0, 0.1) is 52.3 Å². The highest BCUT2D eigenvalue weighted by Crippen LogP contribution is 2.71. The van der Waals surface area contributed by atoms with Crippen LogP contribution >= 0.6 is 0 Å². The van der Waals surface area contributed by atoms with Gasteiger partial charge in [-0.05, 0) is 104 Å². The predicted octanol–water partition coefficient (Wildman–Crippen LogP) is -0.485. The van der Waals surface area contributed by atoms with Crippen molar-refractivity contribution in [3.05, 3.63) is 0 Å². The molecule has 0 bridgehead atoms. The van der Waals surface area contributed by atoms with Crippen LogP contribution in [0.2, 0.25) is 0 Å². The Morgan fingerprint density at radius 1 is 0.633 bits per heavy atom. The van der Waals surface area contributed by atoms with Crippen LogP contribution in [0.1, 0.15) is 85.5 Å². The van der Waals surface area contributed by atoms with Crippen LogP contribution in [0.25, 0.3) is 0 Å². The van der Waals surface area contributed by atoms with E-state index in [1.54, 1.807) is 0 Å². The molecule has 0 radical (unpaired) electrons. The summed E-state index contributed by atoms with van der Waals surface area (Å²) in [7, 11) is 0. The van der Waals surface area contributed by atoms with E-state index in [9.17, 15) is 46.0 Å². The zero-order valence-corrected chi connectivity index (χ0v) is 35.3. The third kappa shape index (κ3) is 7.16. The number of hydrogen-bond donors (Lipinski definition) is 9. The van der Waals surface area contributed by atoms with Gasteiger partial charge in [0.15, 0.2) is 24.7 Å². The van der Waals surface area contributed by atoms with Crippen LogP contribution in [-0.2, 0) is 37.9 Å². The maximum absolute atomic E-state index is 11.2. The molecule has 344 valence electrons. The van der Waals surface area contributed by atoms with Gasteiger partial charge in [0, 0.05) is 5.92 Å². The maximum atomic E-state index is 11.2. The van der Waals surface area contributed by atoms with Crippen molar-refractivity contribution < 1.29 is 83.9 Å². The predicted molar refractivity (Wildman–Crippen MR) is 205 cm³/mol. The summed E-state index contributed by atoms with van der Waals surface area (Å²) in [5.74, 6) is 1.45. The maximum Gasteiger partial charge on any atom is 0.198 e. The molecule has 5 saturated heterocycles. The van der Waals surface area contributed by atoms with Crippen molar-refractivity contribution >= 4 is 0 Å². The number of fused-ring (bicyclic) bond motifs is 7. The van der Waals surface area contributed by atoms with Gasteiger partial charge in [0.05, 0.1) is 38.6 Å². The normalized spacial score (nSPS) is 59.2. The van der Waals surface area contributed by atoms with Crippen LogP contribution < -0.4 is 0 Å². The Labute approximate surface area is 351 Å². The Morgan fingerprint density at radius 2 is 1.28 bits per heavy atom. The summed E-state index contributed by atoms with van der Waals surface area (Å²) in [4.78, 5) is 0. The first-order valence-electron chi connectivity index (χ1n) is 22.7. The fourth-order valence-electron chi connectivity index (χ4n) is 14.3. The number of hydrogen-bond acceptors (Lipinski definition) is 17. The van der Waals surface area contributed by atoms with Crippen molar-refractivity contribution in [1.82, 2.24) is 0 Å². The lowest BCUT2D eigenvalue weighted by molar-refractivity contribution is -0.366. The molecule has 9 rings (SSSR count). The molecule has 17 heteroatoms.